The van der Waals surface area contributed by atoms with Crippen LogP contribution in [0.25, 0.3) is 10.1 Å². The van der Waals surface area contributed by atoms with E-state index in [1.165, 1.54) is 11.3 Å². The van der Waals surface area contributed by atoms with Crippen LogP contribution in [0.15, 0.2) is 30.3 Å². The number of hydrogen-bond acceptors (Lipinski definition) is 4. The number of amides is 1. The third-order valence-electron chi connectivity index (χ3n) is 2.68. The predicted molar refractivity (Wildman–Crippen MR) is 78.7 cm³/mol. The minimum atomic E-state index is -0.363. The second-order valence-corrected chi connectivity index (χ2v) is 5.54. The first-order chi connectivity index (χ1) is 9.16. The van der Waals surface area contributed by atoms with Crippen LogP contribution in [0, 0.1) is 0 Å². The van der Waals surface area contributed by atoms with Crippen molar-refractivity contribution in [1.29, 1.82) is 0 Å². The van der Waals surface area contributed by atoms with E-state index in [2.05, 4.69) is 10.6 Å². The molecule has 0 saturated carbocycles. The van der Waals surface area contributed by atoms with Crippen LogP contribution < -0.4 is 10.6 Å². The highest BCUT2D eigenvalue weighted by atomic mass is 32.1. The summed E-state index contributed by atoms with van der Waals surface area (Å²) < 4.78 is 1.12. The largest absolute Gasteiger partial charge is 0.392 e. The first-order valence-corrected chi connectivity index (χ1v) is 7.14. The zero-order valence-electron chi connectivity index (χ0n) is 10.8. The van der Waals surface area contributed by atoms with Crippen molar-refractivity contribution in [3.05, 3.63) is 35.2 Å². The highest BCUT2D eigenvalue weighted by molar-refractivity contribution is 7.20. The molecule has 0 aliphatic carbocycles. The van der Waals surface area contributed by atoms with Crippen molar-refractivity contribution < 1.29 is 9.90 Å². The summed E-state index contributed by atoms with van der Waals surface area (Å²) >= 11 is 1.50. The Balaban J connectivity index is 1.83. The third kappa shape index (κ3) is 4.02. The third-order valence-corrected chi connectivity index (χ3v) is 3.79. The van der Waals surface area contributed by atoms with Gasteiger partial charge in [-0.1, -0.05) is 18.2 Å². The number of rotatable bonds is 6. The normalized spacial score (nSPS) is 12.5. The van der Waals surface area contributed by atoms with E-state index in [0.717, 1.165) is 15.0 Å². The zero-order valence-corrected chi connectivity index (χ0v) is 11.7. The van der Waals surface area contributed by atoms with Crippen molar-refractivity contribution in [2.75, 3.05) is 19.6 Å². The van der Waals surface area contributed by atoms with E-state index in [1.807, 2.05) is 30.3 Å². The van der Waals surface area contributed by atoms with E-state index >= 15 is 0 Å². The molecule has 1 atom stereocenters. The maximum atomic E-state index is 11.9. The van der Waals surface area contributed by atoms with Gasteiger partial charge in [0.2, 0.25) is 0 Å². The van der Waals surface area contributed by atoms with Crippen LogP contribution in [0.1, 0.15) is 16.6 Å². The summed E-state index contributed by atoms with van der Waals surface area (Å²) in [7, 11) is 0. The smallest absolute Gasteiger partial charge is 0.261 e. The quantitative estimate of drug-likeness (QED) is 0.703. The summed E-state index contributed by atoms with van der Waals surface area (Å²) in [6.07, 6.45) is -0.363. The Bertz CT molecular complexity index is 518. The molecule has 5 heteroatoms. The van der Waals surface area contributed by atoms with Gasteiger partial charge in [0.1, 0.15) is 0 Å². The van der Waals surface area contributed by atoms with Gasteiger partial charge in [0.25, 0.3) is 5.91 Å². The molecule has 19 heavy (non-hydrogen) atoms. The summed E-state index contributed by atoms with van der Waals surface area (Å²) in [5.41, 5.74) is 0. The lowest BCUT2D eigenvalue weighted by molar-refractivity contribution is 0.0957. The monoisotopic (exact) mass is 278 g/mol. The predicted octanol–water partition coefficient (Wildman–Crippen LogP) is 1.60. The Labute approximate surface area is 116 Å². The molecule has 1 heterocycles. The molecule has 1 aromatic heterocycles. The van der Waals surface area contributed by atoms with Crippen molar-refractivity contribution in [2.45, 2.75) is 13.0 Å². The van der Waals surface area contributed by atoms with E-state index < -0.39 is 0 Å². The van der Waals surface area contributed by atoms with Crippen LogP contribution in [0.2, 0.25) is 0 Å². The van der Waals surface area contributed by atoms with Crippen molar-refractivity contribution in [1.82, 2.24) is 10.6 Å². The molecular weight excluding hydrogens is 260 g/mol. The standard InChI is InChI=1S/C14H18N2O2S/c1-10(17)9-15-6-7-16-14(18)13-8-11-4-2-3-5-12(11)19-13/h2-5,8,10,15,17H,6-7,9H2,1H3,(H,16,18). The fraction of sp³-hybridized carbons (Fsp3) is 0.357. The Morgan fingerprint density at radius 3 is 2.89 bits per heavy atom. The van der Waals surface area contributed by atoms with E-state index in [9.17, 15) is 4.79 Å². The summed E-state index contributed by atoms with van der Waals surface area (Å²) in [6.45, 7) is 3.48. The molecule has 0 radical (unpaired) electrons. The molecule has 0 saturated heterocycles. The van der Waals surface area contributed by atoms with E-state index in [1.54, 1.807) is 6.92 Å². The van der Waals surface area contributed by atoms with Crippen LogP contribution in [0.4, 0.5) is 0 Å². The Morgan fingerprint density at radius 1 is 1.37 bits per heavy atom. The highest BCUT2D eigenvalue weighted by Gasteiger charge is 2.08. The summed E-state index contributed by atoms with van der Waals surface area (Å²) in [5, 5.41) is 16.1. The maximum Gasteiger partial charge on any atom is 0.261 e. The molecule has 2 aromatic rings. The van der Waals surface area contributed by atoms with Crippen molar-refractivity contribution >= 4 is 27.3 Å². The molecular formula is C14H18N2O2S. The summed E-state index contributed by atoms with van der Waals surface area (Å²) in [5.74, 6) is -0.0416. The average Bonchev–Trinajstić information content (AvgIpc) is 2.81. The average molecular weight is 278 g/mol. The molecule has 0 fully saturated rings. The molecule has 1 aromatic carbocycles. The number of nitrogens with one attached hydrogen (secondary N) is 2. The minimum Gasteiger partial charge on any atom is -0.392 e. The molecule has 0 spiro atoms. The van der Waals surface area contributed by atoms with E-state index in [0.29, 0.717) is 19.6 Å². The lowest BCUT2D eigenvalue weighted by atomic mass is 10.2. The number of thiophene rings is 1. The number of hydrogen-bond donors (Lipinski definition) is 3. The fourth-order valence-corrected chi connectivity index (χ4v) is 2.74. The van der Waals surface area contributed by atoms with Gasteiger partial charge in [0.15, 0.2) is 0 Å². The lowest BCUT2D eigenvalue weighted by Gasteiger charge is -2.07. The van der Waals surface area contributed by atoms with Gasteiger partial charge in [0.05, 0.1) is 11.0 Å². The molecule has 3 N–H and O–H groups in total. The van der Waals surface area contributed by atoms with Gasteiger partial charge in [0, 0.05) is 24.3 Å². The molecule has 2 rings (SSSR count). The second kappa shape index (κ2) is 6.65. The molecule has 0 aliphatic rings. The van der Waals surface area contributed by atoms with Gasteiger partial charge >= 0.3 is 0 Å². The number of carbonyl (C=O) groups excluding carboxylic acids is 1. The first kappa shape index (κ1) is 14.0. The summed E-state index contributed by atoms with van der Waals surface area (Å²) in [6, 6.07) is 9.88. The number of aliphatic hydroxyl groups excluding tert-OH is 1. The van der Waals surface area contributed by atoms with Crippen molar-refractivity contribution in [2.24, 2.45) is 0 Å². The molecule has 0 bridgehead atoms. The van der Waals surface area contributed by atoms with Crippen LogP contribution >= 0.6 is 11.3 Å². The minimum absolute atomic E-state index is 0.0416. The molecule has 4 nitrogen and oxygen atoms in total. The van der Waals surface area contributed by atoms with E-state index in [4.69, 9.17) is 5.11 Å². The van der Waals surface area contributed by atoms with Crippen LogP contribution in [0.3, 0.4) is 0 Å². The number of aliphatic hydroxyl groups is 1. The SMILES string of the molecule is CC(O)CNCCNC(=O)c1cc2ccccc2s1. The Kier molecular flexibility index (Phi) is 4.90. The van der Waals surface area contributed by atoms with Gasteiger partial charge in [-0.2, -0.15) is 0 Å². The fourth-order valence-electron chi connectivity index (χ4n) is 1.76. The first-order valence-electron chi connectivity index (χ1n) is 6.32. The Hall–Kier alpha value is -1.43. The Morgan fingerprint density at radius 2 is 2.16 bits per heavy atom. The van der Waals surface area contributed by atoms with Gasteiger partial charge in [-0.25, -0.2) is 0 Å². The maximum absolute atomic E-state index is 11.9. The molecule has 0 aliphatic heterocycles. The number of fused-ring (bicyclic) bond motifs is 1. The molecule has 1 amide bonds. The van der Waals surface area contributed by atoms with Crippen LogP contribution in [-0.4, -0.2) is 36.8 Å². The summed E-state index contributed by atoms with van der Waals surface area (Å²) in [4.78, 5) is 12.7. The highest BCUT2D eigenvalue weighted by Crippen LogP contribution is 2.24. The van der Waals surface area contributed by atoms with Crippen LogP contribution in [0.5, 0.6) is 0 Å². The molecule has 102 valence electrons. The van der Waals surface area contributed by atoms with Gasteiger partial charge < -0.3 is 15.7 Å². The van der Waals surface area contributed by atoms with Crippen molar-refractivity contribution in [3.63, 3.8) is 0 Å². The van der Waals surface area contributed by atoms with Gasteiger partial charge in [-0.05, 0) is 24.4 Å². The second-order valence-electron chi connectivity index (χ2n) is 4.46. The molecule has 1 unspecified atom stereocenters. The van der Waals surface area contributed by atoms with Gasteiger partial charge in [-0.3, -0.25) is 4.79 Å². The topological polar surface area (TPSA) is 61.4 Å². The van der Waals surface area contributed by atoms with Gasteiger partial charge in [-0.15, -0.1) is 11.3 Å². The number of benzene rings is 1. The van der Waals surface area contributed by atoms with E-state index in [-0.39, 0.29) is 12.0 Å². The zero-order chi connectivity index (χ0) is 13.7. The number of carbonyl (C=O) groups is 1. The van der Waals surface area contributed by atoms with Crippen LogP contribution in [-0.2, 0) is 0 Å². The van der Waals surface area contributed by atoms with Crippen molar-refractivity contribution in [3.8, 4) is 0 Å². The lowest BCUT2D eigenvalue weighted by Crippen LogP contribution is -2.34.